The Balaban J connectivity index is 1.24. The van der Waals surface area contributed by atoms with E-state index in [1.807, 2.05) is 20.8 Å². The van der Waals surface area contributed by atoms with E-state index < -0.39 is 87.3 Å². The number of methoxy groups -OCH3 is 2. The van der Waals surface area contributed by atoms with Crippen LogP contribution in [0.2, 0.25) is 0 Å². The fourth-order valence-corrected chi connectivity index (χ4v) is 13.8. The summed E-state index contributed by atoms with van der Waals surface area (Å²) >= 11 is 0. The normalized spacial score (nSPS) is 45.5. The van der Waals surface area contributed by atoms with E-state index in [1.165, 1.54) is 26.4 Å². The maximum atomic E-state index is 14.5. The fraction of sp³-hybridized carbons (Fsp3) is 0.773. The summed E-state index contributed by atoms with van der Waals surface area (Å²) in [5.74, 6) is -6.64. The Kier molecular flexibility index (Phi) is 11.8. The van der Waals surface area contributed by atoms with Crippen LogP contribution in [0.5, 0.6) is 0 Å². The van der Waals surface area contributed by atoms with Crippen molar-refractivity contribution in [3.63, 3.8) is 0 Å². The minimum Gasteiger partial charge on any atom is -0.469 e. The largest absolute Gasteiger partial charge is 0.469 e. The van der Waals surface area contributed by atoms with Crippen molar-refractivity contribution < 1.29 is 58.3 Å². The lowest BCUT2D eigenvalue weighted by molar-refractivity contribution is -0.214. The summed E-state index contributed by atoms with van der Waals surface area (Å²) in [5, 5.41) is 35.1. The van der Waals surface area contributed by atoms with Gasteiger partial charge in [0.15, 0.2) is 11.6 Å². The second kappa shape index (κ2) is 15.6. The molecule has 0 aliphatic heterocycles. The molecule has 6 aliphatic rings. The fourth-order valence-electron chi connectivity index (χ4n) is 13.8. The van der Waals surface area contributed by atoms with Gasteiger partial charge in [0, 0.05) is 42.4 Å². The Labute approximate surface area is 335 Å². The van der Waals surface area contributed by atoms with Gasteiger partial charge in [-0.1, -0.05) is 45.3 Å². The van der Waals surface area contributed by atoms with Crippen molar-refractivity contribution >= 4 is 35.4 Å². The van der Waals surface area contributed by atoms with Crippen molar-refractivity contribution in [3.8, 4) is 0 Å². The number of amides is 1. The number of nitrogens with one attached hydrogen (secondary N) is 1. The molecule has 13 nitrogen and oxygen atoms in total. The highest BCUT2D eigenvalue weighted by Crippen LogP contribution is 2.66. The molecule has 6 fully saturated rings. The van der Waals surface area contributed by atoms with Crippen LogP contribution in [0.1, 0.15) is 99.3 Å². The lowest BCUT2D eigenvalue weighted by Crippen LogP contribution is -2.68. The molecule has 4 N–H and O–H groups in total. The van der Waals surface area contributed by atoms with E-state index in [0.29, 0.717) is 38.5 Å². The third-order valence-corrected chi connectivity index (χ3v) is 16.5. The smallest absolute Gasteiger partial charge is 0.331 e. The van der Waals surface area contributed by atoms with Crippen LogP contribution in [0, 0.1) is 69.0 Å². The van der Waals surface area contributed by atoms with Crippen LogP contribution in [-0.2, 0) is 43.0 Å². The number of aliphatic hydroxyl groups excluding tert-OH is 3. The van der Waals surface area contributed by atoms with Gasteiger partial charge in [0.1, 0.15) is 23.7 Å². The number of carbonyl (C=O) groups excluding carboxylic acids is 6. The van der Waals surface area contributed by atoms with Gasteiger partial charge >= 0.3 is 17.9 Å². The molecule has 0 saturated heterocycles. The van der Waals surface area contributed by atoms with E-state index in [1.54, 1.807) is 13.8 Å². The van der Waals surface area contributed by atoms with E-state index in [4.69, 9.17) is 19.3 Å². The number of allylic oxidation sites excluding steroid dienone is 2. The molecular weight excluding hydrogens is 734 g/mol. The van der Waals surface area contributed by atoms with Gasteiger partial charge in [0.05, 0.1) is 26.2 Å². The van der Waals surface area contributed by atoms with Crippen LogP contribution < -0.4 is 5.32 Å². The van der Waals surface area contributed by atoms with Gasteiger partial charge in [-0.05, 0) is 99.7 Å². The molecule has 316 valence electrons. The van der Waals surface area contributed by atoms with Crippen LogP contribution in [0.15, 0.2) is 23.3 Å². The van der Waals surface area contributed by atoms with Gasteiger partial charge in [-0.2, -0.15) is 0 Å². The maximum absolute atomic E-state index is 14.5. The molecule has 6 aliphatic carbocycles. The minimum atomic E-state index is -1.62. The van der Waals surface area contributed by atoms with Crippen molar-refractivity contribution in [3.05, 3.63) is 23.3 Å². The number of Topliss-reactive ketones (excluding diaryl/α,β-unsaturated/α-hetero) is 2. The van der Waals surface area contributed by atoms with Crippen LogP contribution >= 0.6 is 0 Å². The molecular formula is C44H63NO12. The first-order valence-electron chi connectivity index (χ1n) is 20.9. The predicted molar refractivity (Wildman–Crippen MR) is 205 cm³/mol. The number of ether oxygens (including phenoxy) is 3. The van der Waals surface area contributed by atoms with Gasteiger partial charge in [0.2, 0.25) is 5.91 Å². The molecule has 0 unspecified atom stereocenters. The first-order valence-corrected chi connectivity index (χ1v) is 20.9. The number of ketones is 2. The molecule has 0 heterocycles. The average Bonchev–Trinajstić information content (AvgIpc) is 3.17. The van der Waals surface area contributed by atoms with E-state index in [2.05, 4.69) is 12.2 Å². The number of hydrogen-bond acceptors (Lipinski definition) is 12. The third-order valence-electron chi connectivity index (χ3n) is 16.5. The Bertz CT molecular complexity index is 1740. The summed E-state index contributed by atoms with van der Waals surface area (Å²) in [6, 6.07) is 0. The molecule has 6 rings (SSSR count). The monoisotopic (exact) mass is 797 g/mol. The lowest BCUT2D eigenvalue weighted by Gasteiger charge is -2.62. The Morgan fingerprint density at radius 1 is 0.754 bits per heavy atom. The molecule has 0 aromatic heterocycles. The van der Waals surface area contributed by atoms with Gasteiger partial charge in [0.25, 0.3) is 0 Å². The van der Waals surface area contributed by atoms with Gasteiger partial charge in [-0.25, -0.2) is 4.79 Å². The van der Waals surface area contributed by atoms with Crippen molar-refractivity contribution in [1.82, 2.24) is 5.32 Å². The molecule has 0 aromatic rings. The predicted octanol–water partition coefficient (Wildman–Crippen LogP) is 3.65. The average molecular weight is 798 g/mol. The Hall–Kier alpha value is -3.42. The number of hydrogen-bond donors (Lipinski definition) is 4. The van der Waals surface area contributed by atoms with Crippen LogP contribution in [-0.4, -0.2) is 96.4 Å². The zero-order chi connectivity index (χ0) is 42.0. The van der Waals surface area contributed by atoms with Crippen molar-refractivity contribution in [2.45, 2.75) is 118 Å². The molecule has 0 radical (unpaired) electrons. The summed E-state index contributed by atoms with van der Waals surface area (Å²) in [5.41, 5.74) is -2.42. The number of carbonyl (C=O) groups is 6. The Morgan fingerprint density at radius 3 is 1.82 bits per heavy atom. The molecule has 15 atom stereocenters. The minimum absolute atomic E-state index is 0.0775. The van der Waals surface area contributed by atoms with Crippen molar-refractivity contribution in [2.24, 2.45) is 69.0 Å². The summed E-state index contributed by atoms with van der Waals surface area (Å²) in [7, 11) is 2.56. The van der Waals surface area contributed by atoms with Crippen LogP contribution in [0.4, 0.5) is 0 Å². The highest BCUT2D eigenvalue weighted by molar-refractivity contribution is 5.95. The zero-order valence-electron chi connectivity index (χ0n) is 34.8. The zero-order valence-corrected chi connectivity index (χ0v) is 34.8. The maximum Gasteiger partial charge on any atom is 0.331 e. The van der Waals surface area contributed by atoms with Crippen molar-refractivity contribution in [1.29, 1.82) is 0 Å². The molecule has 0 bridgehead atoms. The van der Waals surface area contributed by atoms with Gasteiger partial charge in [-0.15, -0.1) is 0 Å². The summed E-state index contributed by atoms with van der Waals surface area (Å²) in [4.78, 5) is 82.0. The molecule has 0 spiro atoms. The highest BCUT2D eigenvalue weighted by atomic mass is 16.6. The number of esters is 3. The van der Waals surface area contributed by atoms with E-state index in [0.717, 1.165) is 24.0 Å². The second-order valence-electron chi connectivity index (χ2n) is 19.0. The third kappa shape index (κ3) is 6.62. The summed E-state index contributed by atoms with van der Waals surface area (Å²) < 4.78 is 16.7. The van der Waals surface area contributed by atoms with Crippen LogP contribution in [0.3, 0.4) is 0 Å². The quantitative estimate of drug-likeness (QED) is 0.166. The summed E-state index contributed by atoms with van der Waals surface area (Å²) in [6.45, 7) is 11.2. The summed E-state index contributed by atoms with van der Waals surface area (Å²) in [6.07, 6.45) is 4.08. The second-order valence-corrected chi connectivity index (χ2v) is 19.0. The topological polar surface area (TPSA) is 203 Å². The number of fused-ring (bicyclic) bond motifs is 6. The number of rotatable bonds is 7. The van der Waals surface area contributed by atoms with Gasteiger partial charge in [-0.3, -0.25) is 24.0 Å². The van der Waals surface area contributed by atoms with Crippen LogP contribution in [0.25, 0.3) is 0 Å². The first kappa shape index (κ1) is 43.2. The van der Waals surface area contributed by atoms with Gasteiger partial charge < -0.3 is 34.8 Å². The van der Waals surface area contributed by atoms with E-state index >= 15 is 0 Å². The molecule has 1 amide bonds. The molecule has 0 aromatic carbocycles. The van der Waals surface area contributed by atoms with Crippen molar-refractivity contribution in [2.75, 3.05) is 27.4 Å². The lowest BCUT2D eigenvalue weighted by atomic mass is 9.41. The number of aliphatic hydroxyl groups is 3. The highest BCUT2D eigenvalue weighted by Gasteiger charge is 2.70. The standard InChI is InChI=1S/C44H63NO12/c1-22-24(20-29(47)45-18-19-46)10-12-27-31(22)34(50)36(52)38-42(27,4)17-14-28(44(38,6)40(54)56-8)57-30(48)21-25-11-13-26-32(23(25)2)33(49)35(51)37-41(26,3)15-9-16-43(37,5)39(53)55-7/h20-23,26-28,31-34,37-38,46,49-50H,9-19H2,1-8H3,(H,45,47)/t22-,23-,26-,27-,28-,31-,32-,33+,34+,37+,38+,41+,42+,43-,44-/m1/s1. The molecule has 6 saturated carbocycles. The molecule has 57 heavy (non-hydrogen) atoms. The van der Waals surface area contributed by atoms with E-state index in [9.17, 15) is 39.0 Å². The molecule has 13 heteroatoms. The first-order chi connectivity index (χ1) is 26.8. The van der Waals surface area contributed by atoms with E-state index in [-0.39, 0.29) is 54.9 Å². The Morgan fingerprint density at radius 2 is 1.28 bits per heavy atom. The SMILES string of the molecule is COC(=O)[C@]1(C)[C@H](OC(=O)C=C2CC[C@@H]3[C@@H]([C@@H]2C)[C@H](O)C(=O)[C@H]2[C@@]3(C)CCC[C@@]2(C)C(=O)OC)CC[C@@]2(C)[C@@H]3CCC(=CC(=O)NCCO)[C@@H](C)[C@H]3[C@H](O)C(=O)[C@@H]21.